The summed E-state index contributed by atoms with van der Waals surface area (Å²) >= 11 is 0. The minimum absolute atomic E-state index is 0.0220. The number of nitrogens with zero attached hydrogens (tertiary/aromatic N) is 3. The van der Waals surface area contributed by atoms with Gasteiger partial charge in [-0.05, 0) is 48.9 Å². The molecule has 1 aromatic carbocycles. The number of urea groups is 1. The van der Waals surface area contributed by atoms with Crippen LogP contribution in [0.4, 0.5) is 16.2 Å². The summed E-state index contributed by atoms with van der Waals surface area (Å²) in [6.45, 7) is 13.8. The van der Waals surface area contributed by atoms with Crippen LogP contribution in [0.15, 0.2) is 24.3 Å². The Morgan fingerprint density at radius 3 is 2.23 bits per heavy atom. The lowest BCUT2D eigenvalue weighted by molar-refractivity contribution is 0.138. The van der Waals surface area contributed by atoms with Crippen LogP contribution in [-0.2, 0) is 0 Å². The molecule has 0 spiro atoms. The second-order valence-corrected chi connectivity index (χ2v) is 8.33. The van der Waals surface area contributed by atoms with Gasteiger partial charge in [0.2, 0.25) is 0 Å². The van der Waals surface area contributed by atoms with Gasteiger partial charge in [0.15, 0.2) is 0 Å². The first-order valence-corrected chi connectivity index (χ1v) is 10.1. The van der Waals surface area contributed by atoms with Crippen molar-refractivity contribution in [2.45, 2.75) is 33.6 Å². The minimum atomic E-state index is 0.0220. The van der Waals surface area contributed by atoms with Crippen LogP contribution in [0.25, 0.3) is 0 Å². The molecular weight excluding hydrogens is 324 g/mol. The number of piperidine rings is 1. The van der Waals surface area contributed by atoms with Crippen molar-refractivity contribution in [2.24, 2.45) is 11.8 Å². The fourth-order valence-electron chi connectivity index (χ4n) is 3.87. The first-order chi connectivity index (χ1) is 12.5. The van der Waals surface area contributed by atoms with Gasteiger partial charge in [0, 0.05) is 57.2 Å². The smallest absolute Gasteiger partial charge is 0.321 e. The molecule has 2 aliphatic rings. The Labute approximate surface area is 158 Å². The van der Waals surface area contributed by atoms with E-state index in [4.69, 9.17) is 0 Å². The molecule has 0 saturated carbocycles. The number of hydrogen-bond donors (Lipinski definition) is 1. The predicted molar refractivity (Wildman–Crippen MR) is 109 cm³/mol. The molecule has 0 bridgehead atoms. The number of carbonyl (C=O) groups excluding carboxylic acids is 1. The minimum Gasteiger partial charge on any atom is -0.372 e. The summed E-state index contributed by atoms with van der Waals surface area (Å²) < 4.78 is 0. The van der Waals surface area contributed by atoms with Gasteiger partial charge in [0.05, 0.1) is 0 Å². The molecule has 26 heavy (non-hydrogen) atoms. The summed E-state index contributed by atoms with van der Waals surface area (Å²) in [6.07, 6.45) is 2.53. The zero-order valence-corrected chi connectivity index (χ0v) is 16.6. The maximum absolute atomic E-state index is 12.5. The molecule has 5 heteroatoms. The summed E-state index contributed by atoms with van der Waals surface area (Å²) in [6, 6.07) is 8.34. The van der Waals surface area contributed by atoms with E-state index in [9.17, 15) is 4.79 Å². The standard InChI is InChI=1S/C21H34N4O/c1-17(2)16-23-12-14-25(15-13-23)21(26)22-19-4-6-20(7-5-19)24-10-8-18(3)9-11-24/h4-7,17-18H,8-16H2,1-3H3,(H,22,26). The van der Waals surface area contributed by atoms with Crippen LogP contribution in [0.3, 0.4) is 0 Å². The number of piperazine rings is 1. The maximum atomic E-state index is 12.5. The number of carbonyl (C=O) groups is 1. The molecule has 2 heterocycles. The summed E-state index contributed by atoms with van der Waals surface area (Å²) in [5, 5.41) is 3.05. The number of amides is 2. The van der Waals surface area contributed by atoms with E-state index in [-0.39, 0.29) is 6.03 Å². The third-order valence-corrected chi connectivity index (χ3v) is 5.55. The summed E-state index contributed by atoms with van der Waals surface area (Å²) in [5.74, 6) is 1.52. The highest BCUT2D eigenvalue weighted by Gasteiger charge is 2.21. The quantitative estimate of drug-likeness (QED) is 0.891. The largest absolute Gasteiger partial charge is 0.372 e. The molecule has 0 unspecified atom stereocenters. The van der Waals surface area contributed by atoms with Gasteiger partial charge in [0.25, 0.3) is 0 Å². The summed E-state index contributed by atoms with van der Waals surface area (Å²) in [5.41, 5.74) is 2.14. The Hall–Kier alpha value is -1.75. The van der Waals surface area contributed by atoms with Crippen molar-refractivity contribution in [3.8, 4) is 0 Å². The van der Waals surface area contributed by atoms with Crippen molar-refractivity contribution < 1.29 is 4.79 Å². The first kappa shape index (κ1) is 19.0. The van der Waals surface area contributed by atoms with Crippen LogP contribution in [0.1, 0.15) is 33.6 Å². The fraction of sp³-hybridized carbons (Fsp3) is 0.667. The van der Waals surface area contributed by atoms with E-state index in [0.29, 0.717) is 5.92 Å². The Kier molecular flexibility index (Phi) is 6.41. The zero-order chi connectivity index (χ0) is 18.5. The maximum Gasteiger partial charge on any atom is 0.321 e. The topological polar surface area (TPSA) is 38.8 Å². The lowest BCUT2D eigenvalue weighted by atomic mass is 9.99. The fourth-order valence-corrected chi connectivity index (χ4v) is 3.87. The monoisotopic (exact) mass is 358 g/mol. The number of rotatable bonds is 4. The molecule has 5 nitrogen and oxygen atoms in total. The Morgan fingerprint density at radius 1 is 1.04 bits per heavy atom. The van der Waals surface area contributed by atoms with Crippen LogP contribution < -0.4 is 10.2 Å². The number of benzene rings is 1. The highest BCUT2D eigenvalue weighted by atomic mass is 16.2. The number of anilines is 2. The molecule has 2 saturated heterocycles. The van der Waals surface area contributed by atoms with Gasteiger partial charge in [-0.1, -0.05) is 20.8 Å². The van der Waals surface area contributed by atoms with E-state index in [1.165, 1.54) is 18.5 Å². The van der Waals surface area contributed by atoms with Crippen LogP contribution in [0.2, 0.25) is 0 Å². The van der Waals surface area contributed by atoms with Crippen molar-refractivity contribution in [2.75, 3.05) is 56.0 Å². The van der Waals surface area contributed by atoms with E-state index >= 15 is 0 Å². The predicted octanol–water partition coefficient (Wildman–Crippen LogP) is 3.73. The second kappa shape index (κ2) is 8.76. The van der Waals surface area contributed by atoms with E-state index in [1.54, 1.807) is 0 Å². The molecule has 1 aromatic rings. The molecule has 3 rings (SSSR count). The van der Waals surface area contributed by atoms with E-state index in [2.05, 4.69) is 48.0 Å². The normalized spacial score (nSPS) is 19.8. The van der Waals surface area contributed by atoms with Crippen LogP contribution in [0, 0.1) is 11.8 Å². The second-order valence-electron chi connectivity index (χ2n) is 8.33. The molecule has 0 radical (unpaired) electrons. The van der Waals surface area contributed by atoms with Crippen LogP contribution >= 0.6 is 0 Å². The van der Waals surface area contributed by atoms with Crippen LogP contribution in [0.5, 0.6) is 0 Å². The van der Waals surface area contributed by atoms with Crippen molar-refractivity contribution in [1.29, 1.82) is 0 Å². The van der Waals surface area contributed by atoms with Gasteiger partial charge in [-0.2, -0.15) is 0 Å². The van der Waals surface area contributed by atoms with Gasteiger partial charge in [-0.15, -0.1) is 0 Å². The Bertz CT molecular complexity index is 570. The lowest BCUT2D eigenvalue weighted by Crippen LogP contribution is -2.50. The summed E-state index contributed by atoms with van der Waals surface area (Å²) in [7, 11) is 0. The molecule has 1 N–H and O–H groups in total. The Morgan fingerprint density at radius 2 is 1.65 bits per heavy atom. The highest BCUT2D eigenvalue weighted by Crippen LogP contribution is 2.24. The van der Waals surface area contributed by atoms with Crippen molar-refractivity contribution >= 4 is 17.4 Å². The Balaban J connectivity index is 1.47. The summed E-state index contributed by atoms with van der Waals surface area (Å²) in [4.78, 5) is 19.3. The van der Waals surface area contributed by atoms with Crippen molar-refractivity contribution in [1.82, 2.24) is 9.80 Å². The van der Waals surface area contributed by atoms with Crippen molar-refractivity contribution in [3.05, 3.63) is 24.3 Å². The molecular formula is C21H34N4O. The molecule has 2 aliphatic heterocycles. The highest BCUT2D eigenvalue weighted by molar-refractivity contribution is 5.89. The first-order valence-electron chi connectivity index (χ1n) is 10.1. The van der Waals surface area contributed by atoms with Gasteiger partial charge in [0.1, 0.15) is 0 Å². The SMILES string of the molecule is CC(C)CN1CCN(C(=O)Nc2ccc(N3CCC(C)CC3)cc2)CC1. The molecule has 2 amide bonds. The molecule has 2 fully saturated rings. The molecule has 144 valence electrons. The number of nitrogens with one attached hydrogen (secondary N) is 1. The van der Waals surface area contributed by atoms with E-state index < -0.39 is 0 Å². The average molecular weight is 359 g/mol. The lowest BCUT2D eigenvalue weighted by Gasteiger charge is -2.35. The zero-order valence-electron chi connectivity index (χ0n) is 16.6. The molecule has 0 aromatic heterocycles. The number of hydrogen-bond acceptors (Lipinski definition) is 3. The van der Waals surface area contributed by atoms with Crippen molar-refractivity contribution in [3.63, 3.8) is 0 Å². The average Bonchev–Trinajstić information content (AvgIpc) is 2.63. The third-order valence-electron chi connectivity index (χ3n) is 5.55. The van der Waals surface area contributed by atoms with Gasteiger partial charge in [-0.3, -0.25) is 4.90 Å². The van der Waals surface area contributed by atoms with Gasteiger partial charge in [-0.25, -0.2) is 4.79 Å². The van der Waals surface area contributed by atoms with E-state index in [0.717, 1.165) is 57.4 Å². The third kappa shape index (κ3) is 5.13. The molecule has 0 aliphatic carbocycles. The van der Waals surface area contributed by atoms with E-state index in [1.807, 2.05) is 17.0 Å². The molecule has 0 atom stereocenters. The van der Waals surface area contributed by atoms with Crippen LogP contribution in [-0.4, -0.2) is 61.6 Å². The van der Waals surface area contributed by atoms with Gasteiger partial charge >= 0.3 is 6.03 Å². The van der Waals surface area contributed by atoms with Gasteiger partial charge < -0.3 is 15.1 Å².